The van der Waals surface area contributed by atoms with E-state index in [0.717, 1.165) is 48.2 Å². The van der Waals surface area contributed by atoms with Gasteiger partial charge < -0.3 is 4.74 Å². The van der Waals surface area contributed by atoms with Crippen LogP contribution in [0, 0.1) is 17.2 Å². The van der Waals surface area contributed by atoms with Gasteiger partial charge in [-0.1, -0.05) is 44.9 Å². The molecule has 2 aromatic carbocycles. The summed E-state index contributed by atoms with van der Waals surface area (Å²) in [5, 5.41) is 14.7. The molecule has 0 N–H and O–H groups in total. The number of benzene rings is 2. The second-order valence-electron chi connectivity index (χ2n) is 10.5. The Labute approximate surface area is 229 Å². The van der Waals surface area contributed by atoms with Gasteiger partial charge in [0, 0.05) is 28.9 Å². The van der Waals surface area contributed by atoms with E-state index < -0.39 is 5.91 Å². The van der Waals surface area contributed by atoms with Gasteiger partial charge in [-0.3, -0.25) is 14.5 Å². The van der Waals surface area contributed by atoms with Crippen LogP contribution in [0.15, 0.2) is 77.5 Å². The molecule has 0 radical (unpaired) electrons. The highest BCUT2D eigenvalue weighted by Crippen LogP contribution is 2.35. The lowest BCUT2D eigenvalue weighted by Crippen LogP contribution is -2.47. The van der Waals surface area contributed by atoms with Gasteiger partial charge in [-0.2, -0.15) is 10.4 Å². The molecule has 1 fully saturated rings. The Bertz CT molecular complexity index is 1480. The molecule has 7 nitrogen and oxygen atoms in total. The minimum atomic E-state index is -0.485. The fourth-order valence-corrected chi connectivity index (χ4v) is 5.15. The fraction of sp³-hybridized carbons (Fsp3) is 0.312. The second kappa shape index (κ2) is 11.1. The van der Waals surface area contributed by atoms with E-state index in [1.807, 2.05) is 60.8 Å². The van der Waals surface area contributed by atoms with E-state index in [-0.39, 0.29) is 17.5 Å². The van der Waals surface area contributed by atoms with Crippen molar-refractivity contribution < 1.29 is 14.3 Å². The molecule has 198 valence electrons. The van der Waals surface area contributed by atoms with Crippen LogP contribution >= 0.6 is 0 Å². The van der Waals surface area contributed by atoms with Gasteiger partial charge >= 0.3 is 0 Å². The van der Waals surface area contributed by atoms with Crippen LogP contribution in [0.25, 0.3) is 23.0 Å². The second-order valence-corrected chi connectivity index (χ2v) is 10.5. The van der Waals surface area contributed by atoms with E-state index in [2.05, 4.69) is 19.9 Å². The minimum Gasteiger partial charge on any atom is -0.493 e. The molecule has 0 spiro atoms. The number of nitriles is 1. The number of carbonyl (C=O) groups is 2. The Hall–Kier alpha value is -4.44. The number of nitrogens with zero attached hydrogens (tertiary/aromatic N) is 4. The first-order chi connectivity index (χ1) is 18.9. The highest BCUT2D eigenvalue weighted by Gasteiger charge is 2.40. The zero-order chi connectivity index (χ0) is 27.5. The molecule has 2 amide bonds. The summed E-state index contributed by atoms with van der Waals surface area (Å²) in [7, 11) is 0. The Balaban J connectivity index is 1.61. The summed E-state index contributed by atoms with van der Waals surface area (Å²) in [4.78, 5) is 28.2. The summed E-state index contributed by atoms with van der Waals surface area (Å²) in [6.45, 7) is 6.51. The molecule has 3 aromatic rings. The normalized spacial score (nSPS) is 17.4. The smallest absolute Gasteiger partial charge is 0.271 e. The van der Waals surface area contributed by atoms with Gasteiger partial charge in [0.2, 0.25) is 0 Å². The summed E-state index contributed by atoms with van der Waals surface area (Å²) < 4.78 is 7.63. The van der Waals surface area contributed by atoms with E-state index in [0.29, 0.717) is 29.4 Å². The summed E-state index contributed by atoms with van der Waals surface area (Å²) in [5.41, 5.74) is 3.92. The van der Waals surface area contributed by atoms with Gasteiger partial charge in [-0.05, 0) is 73.7 Å². The van der Waals surface area contributed by atoms with Crippen LogP contribution in [-0.4, -0.2) is 39.1 Å². The maximum absolute atomic E-state index is 13.7. The van der Waals surface area contributed by atoms with Crippen molar-refractivity contribution in [2.75, 3.05) is 6.61 Å². The molecular weight excluding hydrogens is 488 g/mol. The maximum atomic E-state index is 13.7. The standard InChI is InChI=1S/C32H32N4O3/c1-21(2)20-39-27-15-13-23(14-16-27)30-24(19-35(34-30)25-9-5-4-6-10-25)17-28-22(3)29(18-33)32(38)36(31(28)37)26-11-7-8-12-26/h4-6,9-10,13-17,19,21,26H,7-8,11-12,20H2,1-3H3/b28-17+. The SMILES string of the molecule is CC1=C(C#N)C(=O)N(C2CCCC2)C(=O)/C1=C/c1cn(-c2ccccc2)nc1-c1ccc(OCC(C)C)cc1. The van der Waals surface area contributed by atoms with Crippen molar-refractivity contribution in [1.29, 1.82) is 5.26 Å². The van der Waals surface area contributed by atoms with Gasteiger partial charge in [-0.15, -0.1) is 0 Å². The Morgan fingerprint density at radius 2 is 1.74 bits per heavy atom. The quantitative estimate of drug-likeness (QED) is 0.277. The minimum absolute atomic E-state index is 0.0244. The van der Waals surface area contributed by atoms with Gasteiger partial charge in [0.25, 0.3) is 11.8 Å². The van der Waals surface area contributed by atoms with Crippen LogP contribution in [0.4, 0.5) is 0 Å². The molecule has 0 saturated heterocycles. The number of aromatic nitrogens is 2. The van der Waals surface area contributed by atoms with Crippen molar-refractivity contribution in [2.24, 2.45) is 5.92 Å². The summed E-state index contributed by atoms with van der Waals surface area (Å²) in [5.74, 6) is 0.365. The van der Waals surface area contributed by atoms with Gasteiger partial charge in [0.15, 0.2) is 0 Å². The first-order valence-electron chi connectivity index (χ1n) is 13.5. The van der Waals surface area contributed by atoms with E-state index in [9.17, 15) is 14.9 Å². The number of carbonyl (C=O) groups excluding carboxylic acids is 2. The van der Waals surface area contributed by atoms with E-state index >= 15 is 0 Å². The van der Waals surface area contributed by atoms with Crippen molar-refractivity contribution in [3.8, 4) is 28.8 Å². The highest BCUT2D eigenvalue weighted by atomic mass is 16.5. The van der Waals surface area contributed by atoms with Gasteiger partial charge in [0.05, 0.1) is 18.0 Å². The third-order valence-corrected chi connectivity index (χ3v) is 7.24. The fourth-order valence-electron chi connectivity index (χ4n) is 5.15. The van der Waals surface area contributed by atoms with Crippen molar-refractivity contribution in [3.63, 3.8) is 0 Å². The number of imide groups is 1. The van der Waals surface area contributed by atoms with Crippen molar-refractivity contribution >= 4 is 17.9 Å². The third-order valence-electron chi connectivity index (χ3n) is 7.24. The largest absolute Gasteiger partial charge is 0.493 e. The number of ether oxygens (including phenoxy) is 1. The zero-order valence-electron chi connectivity index (χ0n) is 22.6. The average molecular weight is 521 g/mol. The number of hydrogen-bond donors (Lipinski definition) is 0. The van der Waals surface area contributed by atoms with Gasteiger partial charge in [0.1, 0.15) is 17.4 Å². The monoisotopic (exact) mass is 520 g/mol. The molecule has 0 atom stereocenters. The lowest BCUT2D eigenvalue weighted by atomic mass is 9.92. The molecule has 1 aliphatic carbocycles. The number of hydrogen-bond acceptors (Lipinski definition) is 5. The Morgan fingerprint density at radius 1 is 1.05 bits per heavy atom. The summed E-state index contributed by atoms with van der Waals surface area (Å²) >= 11 is 0. The number of para-hydroxylation sites is 1. The molecular formula is C32H32N4O3. The highest BCUT2D eigenvalue weighted by molar-refractivity contribution is 6.20. The van der Waals surface area contributed by atoms with Crippen LogP contribution in [0.3, 0.4) is 0 Å². The van der Waals surface area contributed by atoms with Crippen LogP contribution in [0.2, 0.25) is 0 Å². The molecule has 2 heterocycles. The van der Waals surface area contributed by atoms with Crippen molar-refractivity contribution in [2.45, 2.75) is 52.5 Å². The molecule has 1 saturated carbocycles. The lowest BCUT2D eigenvalue weighted by Gasteiger charge is -2.32. The van der Waals surface area contributed by atoms with Crippen LogP contribution in [-0.2, 0) is 9.59 Å². The molecule has 0 bridgehead atoms. The molecule has 39 heavy (non-hydrogen) atoms. The number of rotatable bonds is 7. The number of amides is 2. The third kappa shape index (κ3) is 5.28. The molecule has 2 aliphatic rings. The lowest BCUT2D eigenvalue weighted by molar-refractivity contribution is -0.143. The van der Waals surface area contributed by atoms with Crippen molar-refractivity contribution in [1.82, 2.24) is 14.7 Å². The molecule has 1 aromatic heterocycles. The maximum Gasteiger partial charge on any atom is 0.271 e. The van der Waals surface area contributed by atoms with Crippen LogP contribution < -0.4 is 4.74 Å². The first-order valence-corrected chi connectivity index (χ1v) is 13.5. The van der Waals surface area contributed by atoms with Gasteiger partial charge in [-0.25, -0.2) is 4.68 Å². The molecule has 0 unspecified atom stereocenters. The Morgan fingerprint density at radius 3 is 2.38 bits per heavy atom. The zero-order valence-corrected chi connectivity index (χ0v) is 22.6. The molecule has 7 heteroatoms. The molecule has 5 rings (SSSR count). The average Bonchev–Trinajstić information content (AvgIpc) is 3.62. The Kier molecular flexibility index (Phi) is 7.47. The predicted octanol–water partition coefficient (Wildman–Crippen LogP) is 6.11. The summed E-state index contributed by atoms with van der Waals surface area (Å²) in [6, 6.07) is 19.4. The van der Waals surface area contributed by atoms with Crippen molar-refractivity contribution in [3.05, 3.63) is 83.1 Å². The van der Waals surface area contributed by atoms with E-state index in [1.54, 1.807) is 17.7 Å². The predicted molar refractivity (Wildman–Crippen MR) is 150 cm³/mol. The first kappa shape index (κ1) is 26.2. The van der Waals surface area contributed by atoms with E-state index in [4.69, 9.17) is 9.84 Å². The van der Waals surface area contributed by atoms with E-state index in [1.165, 1.54) is 4.90 Å². The topological polar surface area (TPSA) is 88.2 Å². The van der Waals surface area contributed by atoms with Crippen LogP contribution in [0.1, 0.15) is 52.0 Å². The van der Waals surface area contributed by atoms with Crippen LogP contribution in [0.5, 0.6) is 5.75 Å². The summed E-state index contributed by atoms with van der Waals surface area (Å²) in [6.07, 6.45) is 7.13. The molecule has 1 aliphatic heterocycles.